The maximum absolute atomic E-state index is 11.8. The molecule has 4 amide bonds. The Labute approximate surface area is 175 Å². The van der Waals surface area contributed by atoms with Gasteiger partial charge in [-0.25, -0.2) is 9.80 Å². The van der Waals surface area contributed by atoms with Crippen molar-refractivity contribution < 1.29 is 19.2 Å². The lowest BCUT2D eigenvalue weighted by molar-refractivity contribution is -0.121. The van der Waals surface area contributed by atoms with Crippen molar-refractivity contribution in [3.05, 3.63) is 81.9 Å². The fourth-order valence-corrected chi connectivity index (χ4v) is 3.64. The second-order valence-corrected chi connectivity index (χ2v) is 7.23. The minimum Gasteiger partial charge on any atom is -0.269 e. The molecule has 0 N–H and O–H groups in total. The van der Waals surface area contributed by atoms with E-state index in [0.29, 0.717) is 27.8 Å². The number of halogens is 2. The predicted octanol–water partition coefficient (Wildman–Crippen LogP) is 3.44. The van der Waals surface area contributed by atoms with Crippen molar-refractivity contribution in [2.75, 3.05) is 9.80 Å². The summed E-state index contributed by atoms with van der Waals surface area (Å²) >= 11 is 12.7. The lowest BCUT2D eigenvalue weighted by Crippen LogP contribution is -2.29. The van der Waals surface area contributed by atoms with Gasteiger partial charge in [-0.3, -0.25) is 19.2 Å². The van der Waals surface area contributed by atoms with Gasteiger partial charge in [-0.15, -0.1) is 0 Å². The molecule has 0 spiro atoms. The third-order valence-electron chi connectivity index (χ3n) is 4.59. The van der Waals surface area contributed by atoms with Gasteiger partial charge < -0.3 is 0 Å². The number of carbonyl (C=O) groups excluding carboxylic acids is 4. The lowest BCUT2D eigenvalue weighted by Gasteiger charge is -2.17. The summed E-state index contributed by atoms with van der Waals surface area (Å²) in [7, 11) is 0. The number of benzene rings is 2. The number of hydrogen-bond acceptors (Lipinski definition) is 4. The average molecular weight is 427 g/mol. The molecular weight excluding hydrogens is 415 g/mol. The third kappa shape index (κ3) is 3.48. The highest BCUT2D eigenvalue weighted by Gasteiger charge is 2.27. The van der Waals surface area contributed by atoms with Crippen LogP contribution in [-0.4, -0.2) is 23.6 Å². The van der Waals surface area contributed by atoms with Gasteiger partial charge in [0.15, 0.2) is 0 Å². The zero-order valence-corrected chi connectivity index (χ0v) is 16.3. The highest BCUT2D eigenvalue weighted by atomic mass is 35.5. The number of anilines is 2. The van der Waals surface area contributed by atoms with Crippen LogP contribution in [0.25, 0.3) is 0 Å². The molecule has 2 aliphatic rings. The van der Waals surface area contributed by atoms with Crippen LogP contribution < -0.4 is 9.80 Å². The van der Waals surface area contributed by atoms with E-state index in [4.69, 9.17) is 23.2 Å². The molecule has 2 aromatic rings. The number of amides is 4. The van der Waals surface area contributed by atoms with E-state index in [0.717, 1.165) is 20.9 Å². The maximum atomic E-state index is 11.8. The minimum absolute atomic E-state index is 0.379. The van der Waals surface area contributed by atoms with Crippen LogP contribution in [0.5, 0.6) is 0 Å². The molecular formula is C21H12Cl2N2O4. The van der Waals surface area contributed by atoms with Gasteiger partial charge in [0.25, 0.3) is 23.6 Å². The van der Waals surface area contributed by atoms with Crippen molar-refractivity contribution in [3.63, 3.8) is 0 Å². The summed E-state index contributed by atoms with van der Waals surface area (Å²) in [5.74, 6) is -1.67. The van der Waals surface area contributed by atoms with E-state index >= 15 is 0 Å². The summed E-state index contributed by atoms with van der Waals surface area (Å²) in [6, 6.07) is 9.82. The fourth-order valence-electron chi connectivity index (χ4n) is 3.15. The SMILES string of the molecule is O=C1C=CC(=O)N1c1ccc(Cc2ccc(N3C(=O)C=CC3=O)cc2Cl)c(Cl)c1. The van der Waals surface area contributed by atoms with Crippen LogP contribution in [0.2, 0.25) is 10.0 Å². The van der Waals surface area contributed by atoms with E-state index in [1.54, 1.807) is 36.4 Å². The van der Waals surface area contributed by atoms with Gasteiger partial charge in [0.2, 0.25) is 0 Å². The van der Waals surface area contributed by atoms with Gasteiger partial charge in [0.05, 0.1) is 11.4 Å². The molecule has 4 rings (SSSR count). The van der Waals surface area contributed by atoms with E-state index in [2.05, 4.69) is 0 Å². The van der Waals surface area contributed by atoms with Crippen LogP contribution in [0.15, 0.2) is 60.7 Å². The average Bonchev–Trinajstić information content (AvgIpc) is 3.19. The summed E-state index contributed by atoms with van der Waals surface area (Å²) in [6.45, 7) is 0. The largest absolute Gasteiger partial charge is 0.269 e. The number of rotatable bonds is 4. The molecule has 0 fully saturated rings. The summed E-state index contributed by atoms with van der Waals surface area (Å²) in [5, 5.41) is 0.758. The first kappa shape index (κ1) is 19.1. The first-order valence-electron chi connectivity index (χ1n) is 8.54. The lowest BCUT2D eigenvalue weighted by atomic mass is 10.0. The number of imide groups is 2. The normalized spacial score (nSPS) is 15.9. The molecule has 144 valence electrons. The van der Waals surface area contributed by atoms with Crippen molar-refractivity contribution in [2.24, 2.45) is 0 Å². The van der Waals surface area contributed by atoms with Crippen LogP contribution in [0.3, 0.4) is 0 Å². The van der Waals surface area contributed by atoms with Crippen LogP contribution in [0, 0.1) is 0 Å². The van der Waals surface area contributed by atoms with Gasteiger partial charge in [-0.2, -0.15) is 0 Å². The van der Waals surface area contributed by atoms with E-state index in [9.17, 15) is 19.2 Å². The first-order valence-corrected chi connectivity index (χ1v) is 9.30. The second kappa shape index (κ2) is 7.31. The Morgan fingerprint density at radius 2 is 0.931 bits per heavy atom. The van der Waals surface area contributed by atoms with Crippen molar-refractivity contribution in [2.45, 2.75) is 6.42 Å². The Kier molecular flexibility index (Phi) is 4.82. The van der Waals surface area contributed by atoms with Crippen molar-refractivity contribution in [1.82, 2.24) is 0 Å². The molecule has 0 aromatic heterocycles. The second-order valence-electron chi connectivity index (χ2n) is 6.42. The van der Waals surface area contributed by atoms with Crippen LogP contribution >= 0.6 is 23.2 Å². The van der Waals surface area contributed by atoms with E-state index < -0.39 is 23.6 Å². The standard InChI is InChI=1S/C21H12Cl2N2O4/c22-16-10-14(24-18(26)5-6-19(24)27)3-1-12(16)9-13-2-4-15(11-17(13)23)25-20(28)7-8-21(25)29/h1-8,10-11H,9H2. The zero-order valence-electron chi connectivity index (χ0n) is 14.8. The third-order valence-corrected chi connectivity index (χ3v) is 5.29. The Balaban J connectivity index is 1.57. The van der Waals surface area contributed by atoms with E-state index in [1.807, 2.05) is 0 Å². The number of carbonyl (C=O) groups is 4. The molecule has 2 aliphatic heterocycles. The highest BCUT2D eigenvalue weighted by molar-refractivity contribution is 6.34. The minimum atomic E-state index is -0.419. The Hall–Kier alpha value is -3.22. The smallest absolute Gasteiger partial charge is 0.258 e. The number of hydrogen-bond donors (Lipinski definition) is 0. The molecule has 0 saturated heterocycles. The quantitative estimate of drug-likeness (QED) is 0.701. The molecule has 0 aliphatic carbocycles. The summed E-state index contributed by atoms with van der Waals surface area (Å²) < 4.78 is 0. The Morgan fingerprint density at radius 3 is 1.24 bits per heavy atom. The summed E-state index contributed by atoms with van der Waals surface area (Å²) in [5.41, 5.74) is 2.26. The van der Waals surface area contributed by atoms with Gasteiger partial charge in [0.1, 0.15) is 0 Å². The van der Waals surface area contributed by atoms with Crippen molar-refractivity contribution in [3.8, 4) is 0 Å². The fraction of sp³-hybridized carbons (Fsp3) is 0.0476. The van der Waals surface area contributed by atoms with Gasteiger partial charge >= 0.3 is 0 Å². The summed E-state index contributed by atoms with van der Waals surface area (Å²) in [6.07, 6.45) is 5.21. The highest BCUT2D eigenvalue weighted by Crippen LogP contribution is 2.31. The Morgan fingerprint density at radius 1 is 0.586 bits per heavy atom. The van der Waals surface area contributed by atoms with Gasteiger partial charge in [-0.1, -0.05) is 35.3 Å². The molecule has 2 aromatic carbocycles. The molecule has 2 heterocycles. The Bertz CT molecular complexity index is 1030. The van der Waals surface area contributed by atoms with Crippen molar-refractivity contribution >= 4 is 58.2 Å². The first-order chi connectivity index (χ1) is 13.8. The molecule has 0 atom stereocenters. The van der Waals surface area contributed by atoms with Crippen LogP contribution in [0.1, 0.15) is 11.1 Å². The molecule has 6 nitrogen and oxygen atoms in total. The molecule has 8 heteroatoms. The van der Waals surface area contributed by atoms with Gasteiger partial charge in [-0.05, 0) is 35.4 Å². The summed E-state index contributed by atoms with van der Waals surface area (Å²) in [4.78, 5) is 49.3. The van der Waals surface area contributed by atoms with E-state index in [1.165, 1.54) is 24.3 Å². The van der Waals surface area contributed by atoms with Crippen LogP contribution in [-0.2, 0) is 25.6 Å². The van der Waals surface area contributed by atoms with Gasteiger partial charge in [0, 0.05) is 40.8 Å². The predicted molar refractivity (Wildman–Crippen MR) is 109 cm³/mol. The number of nitrogens with zero attached hydrogens (tertiary/aromatic N) is 2. The molecule has 0 bridgehead atoms. The van der Waals surface area contributed by atoms with Crippen LogP contribution in [0.4, 0.5) is 11.4 Å². The molecule has 0 saturated carbocycles. The van der Waals surface area contributed by atoms with Crippen molar-refractivity contribution in [1.29, 1.82) is 0 Å². The van der Waals surface area contributed by atoms with E-state index in [-0.39, 0.29) is 0 Å². The monoisotopic (exact) mass is 426 g/mol. The molecule has 0 radical (unpaired) electrons. The molecule has 0 unspecified atom stereocenters. The zero-order chi connectivity index (χ0) is 20.7. The maximum Gasteiger partial charge on any atom is 0.258 e. The topological polar surface area (TPSA) is 74.8 Å². The molecule has 29 heavy (non-hydrogen) atoms.